The van der Waals surface area contributed by atoms with Gasteiger partial charge in [0.05, 0.1) is 17.3 Å². The number of benzene rings is 1. The van der Waals surface area contributed by atoms with Gasteiger partial charge in [0, 0.05) is 29.6 Å². The van der Waals surface area contributed by atoms with Gasteiger partial charge in [0.1, 0.15) is 22.9 Å². The molecule has 3 heterocycles. The standard InChI is InChI=1S/C19H10ClF4N3O2/c1-2-4-26-13-6-10(12(21)8-14(13)29-9-16(26)28)17-11(20)7-15(19(22,23)24)27-5-3-25-18(17)27/h1,3,5-8H,4,9H2. The molecule has 5 nitrogen and oxygen atoms in total. The maximum Gasteiger partial charge on any atom is 0.431 e. The molecule has 3 aromatic rings. The quantitative estimate of drug-likeness (QED) is 0.459. The number of alkyl halides is 3. The minimum atomic E-state index is -4.70. The lowest BCUT2D eigenvalue weighted by atomic mass is 10.0. The van der Waals surface area contributed by atoms with Crippen molar-refractivity contribution in [1.29, 1.82) is 0 Å². The molecule has 29 heavy (non-hydrogen) atoms. The number of carbonyl (C=O) groups excluding carboxylic acids is 1. The highest BCUT2D eigenvalue weighted by Crippen LogP contribution is 2.43. The number of rotatable bonds is 2. The molecule has 0 fully saturated rings. The average Bonchev–Trinajstić information content (AvgIpc) is 3.12. The number of hydrogen-bond donors (Lipinski definition) is 0. The normalized spacial score (nSPS) is 13.9. The van der Waals surface area contributed by atoms with E-state index in [0.717, 1.165) is 22.9 Å². The number of aromatic nitrogens is 2. The topological polar surface area (TPSA) is 46.8 Å². The number of ether oxygens (including phenoxy) is 1. The van der Waals surface area contributed by atoms with Gasteiger partial charge in [-0.05, 0) is 12.1 Å². The molecule has 4 rings (SSSR count). The number of amides is 1. The number of terminal acetylenes is 1. The molecule has 0 unspecified atom stereocenters. The Morgan fingerprint density at radius 1 is 1.31 bits per heavy atom. The fourth-order valence-electron chi connectivity index (χ4n) is 3.20. The smallest absolute Gasteiger partial charge is 0.431 e. The summed E-state index contributed by atoms with van der Waals surface area (Å²) >= 11 is 6.12. The Labute approximate surface area is 166 Å². The molecule has 1 aliphatic heterocycles. The van der Waals surface area contributed by atoms with Gasteiger partial charge in [0.25, 0.3) is 5.91 Å². The summed E-state index contributed by atoms with van der Waals surface area (Å²) in [6.07, 6.45) is 2.86. The Morgan fingerprint density at radius 3 is 2.76 bits per heavy atom. The molecule has 0 aliphatic carbocycles. The van der Waals surface area contributed by atoms with Crippen molar-refractivity contribution in [3.8, 4) is 29.2 Å². The average molecular weight is 424 g/mol. The zero-order valence-electron chi connectivity index (χ0n) is 14.4. The zero-order valence-corrected chi connectivity index (χ0v) is 15.2. The van der Waals surface area contributed by atoms with Crippen molar-refractivity contribution < 1.29 is 27.1 Å². The Morgan fingerprint density at radius 2 is 2.07 bits per heavy atom. The molecule has 2 aromatic heterocycles. The van der Waals surface area contributed by atoms with Crippen LogP contribution in [0.15, 0.2) is 30.6 Å². The van der Waals surface area contributed by atoms with E-state index in [-0.39, 0.29) is 46.4 Å². The largest absolute Gasteiger partial charge is 0.481 e. The lowest BCUT2D eigenvalue weighted by Gasteiger charge is -2.28. The van der Waals surface area contributed by atoms with Gasteiger partial charge in [-0.15, -0.1) is 6.42 Å². The van der Waals surface area contributed by atoms with Crippen LogP contribution in [0, 0.1) is 18.2 Å². The molecular formula is C19H10ClF4N3O2. The van der Waals surface area contributed by atoms with Crippen LogP contribution in [0.3, 0.4) is 0 Å². The van der Waals surface area contributed by atoms with Gasteiger partial charge in [0.15, 0.2) is 6.61 Å². The highest BCUT2D eigenvalue weighted by Gasteiger charge is 2.36. The number of pyridine rings is 1. The van der Waals surface area contributed by atoms with Crippen LogP contribution in [0.4, 0.5) is 23.2 Å². The summed E-state index contributed by atoms with van der Waals surface area (Å²) in [5.74, 6) is 1.18. The molecule has 0 N–H and O–H groups in total. The number of carbonyl (C=O) groups is 1. The Kier molecular flexibility index (Phi) is 4.39. The second-order valence-corrected chi connectivity index (χ2v) is 6.55. The summed E-state index contributed by atoms with van der Waals surface area (Å²) in [6, 6.07) is 3.00. The summed E-state index contributed by atoms with van der Waals surface area (Å²) in [5.41, 5.74) is -1.24. The first-order valence-electron chi connectivity index (χ1n) is 8.15. The number of hydrogen-bond acceptors (Lipinski definition) is 3. The molecule has 1 amide bonds. The van der Waals surface area contributed by atoms with Gasteiger partial charge in [0.2, 0.25) is 0 Å². The molecule has 10 heteroatoms. The monoisotopic (exact) mass is 423 g/mol. The van der Waals surface area contributed by atoms with Crippen molar-refractivity contribution in [2.24, 2.45) is 0 Å². The fourth-order valence-corrected chi connectivity index (χ4v) is 3.49. The SMILES string of the molecule is C#CCN1C(=O)COc2cc(F)c(-c3c(Cl)cc(C(F)(F)F)n4ccnc34)cc21. The maximum absolute atomic E-state index is 14.9. The number of imidazole rings is 1. The van der Waals surface area contributed by atoms with E-state index in [4.69, 9.17) is 22.8 Å². The molecule has 0 radical (unpaired) electrons. The lowest BCUT2D eigenvalue weighted by Crippen LogP contribution is -2.39. The summed E-state index contributed by atoms with van der Waals surface area (Å²) in [7, 11) is 0. The van der Waals surface area contributed by atoms with E-state index in [9.17, 15) is 22.4 Å². The number of fused-ring (bicyclic) bond motifs is 2. The molecule has 0 spiro atoms. The third-order valence-corrected chi connectivity index (χ3v) is 4.73. The summed E-state index contributed by atoms with van der Waals surface area (Å²) in [6.45, 7) is -0.390. The Balaban J connectivity index is 1.99. The highest BCUT2D eigenvalue weighted by molar-refractivity contribution is 6.34. The van der Waals surface area contributed by atoms with Crippen LogP contribution in [-0.4, -0.2) is 28.4 Å². The van der Waals surface area contributed by atoms with Crippen LogP contribution in [0.1, 0.15) is 5.69 Å². The van der Waals surface area contributed by atoms with Crippen LogP contribution in [0.2, 0.25) is 5.02 Å². The minimum absolute atomic E-state index is 0.0522. The van der Waals surface area contributed by atoms with Crippen LogP contribution in [0.5, 0.6) is 5.75 Å². The van der Waals surface area contributed by atoms with Crippen molar-refractivity contribution in [2.75, 3.05) is 18.1 Å². The van der Waals surface area contributed by atoms with Crippen LogP contribution in [0.25, 0.3) is 16.8 Å². The molecule has 148 valence electrons. The van der Waals surface area contributed by atoms with Crippen LogP contribution >= 0.6 is 11.6 Å². The molecule has 1 aliphatic rings. The molecule has 1 aromatic carbocycles. The van der Waals surface area contributed by atoms with E-state index in [1.54, 1.807) is 0 Å². The number of halogens is 5. The predicted molar refractivity (Wildman–Crippen MR) is 97.3 cm³/mol. The van der Waals surface area contributed by atoms with E-state index < -0.39 is 23.6 Å². The first-order chi connectivity index (χ1) is 13.7. The van der Waals surface area contributed by atoms with E-state index in [2.05, 4.69) is 10.9 Å². The summed E-state index contributed by atoms with van der Waals surface area (Å²) in [4.78, 5) is 17.3. The predicted octanol–water partition coefficient (Wildman–Crippen LogP) is 4.17. The third kappa shape index (κ3) is 3.06. The second-order valence-electron chi connectivity index (χ2n) is 6.14. The maximum atomic E-state index is 14.9. The van der Waals surface area contributed by atoms with Gasteiger partial charge < -0.3 is 4.74 Å². The zero-order chi connectivity index (χ0) is 20.9. The first-order valence-corrected chi connectivity index (χ1v) is 8.53. The minimum Gasteiger partial charge on any atom is -0.481 e. The summed E-state index contributed by atoms with van der Waals surface area (Å²) in [5, 5.41) is -0.346. The highest BCUT2D eigenvalue weighted by atomic mass is 35.5. The van der Waals surface area contributed by atoms with E-state index in [0.29, 0.717) is 6.07 Å². The van der Waals surface area contributed by atoms with Crippen molar-refractivity contribution in [1.82, 2.24) is 9.38 Å². The second kappa shape index (κ2) is 6.67. The van der Waals surface area contributed by atoms with Crippen molar-refractivity contribution in [3.05, 3.63) is 47.1 Å². The van der Waals surface area contributed by atoms with Gasteiger partial charge in [-0.3, -0.25) is 14.1 Å². The third-order valence-electron chi connectivity index (χ3n) is 4.43. The number of nitrogens with zero attached hydrogens (tertiary/aromatic N) is 3. The molecule has 0 bridgehead atoms. The Hall–Kier alpha value is -3.25. The van der Waals surface area contributed by atoms with Crippen LogP contribution in [-0.2, 0) is 11.0 Å². The van der Waals surface area contributed by atoms with Gasteiger partial charge in [-0.25, -0.2) is 9.37 Å². The summed E-state index contributed by atoms with van der Waals surface area (Å²) < 4.78 is 60.9. The Bertz CT molecular complexity index is 1200. The van der Waals surface area contributed by atoms with Gasteiger partial charge >= 0.3 is 6.18 Å². The van der Waals surface area contributed by atoms with E-state index in [1.165, 1.54) is 11.0 Å². The van der Waals surface area contributed by atoms with Crippen LogP contribution < -0.4 is 9.64 Å². The number of anilines is 1. The van der Waals surface area contributed by atoms with Crippen molar-refractivity contribution >= 4 is 28.8 Å². The molecular weight excluding hydrogens is 414 g/mol. The lowest BCUT2D eigenvalue weighted by molar-refractivity contribution is -0.142. The van der Waals surface area contributed by atoms with Crippen molar-refractivity contribution in [3.63, 3.8) is 0 Å². The van der Waals surface area contributed by atoms with Gasteiger partial charge in [-0.2, -0.15) is 13.2 Å². The fraction of sp³-hybridized carbons (Fsp3) is 0.158. The molecule has 0 saturated heterocycles. The molecule has 0 saturated carbocycles. The molecule has 0 atom stereocenters. The van der Waals surface area contributed by atoms with Gasteiger partial charge in [-0.1, -0.05) is 17.5 Å². The first kappa shape index (κ1) is 19.1. The van der Waals surface area contributed by atoms with E-state index in [1.807, 2.05) is 0 Å². The van der Waals surface area contributed by atoms with E-state index >= 15 is 0 Å². The van der Waals surface area contributed by atoms with Crippen molar-refractivity contribution in [2.45, 2.75) is 6.18 Å².